The van der Waals surface area contributed by atoms with Crippen molar-refractivity contribution in [2.75, 3.05) is 50.9 Å². The van der Waals surface area contributed by atoms with Gasteiger partial charge in [-0.1, -0.05) is 30.3 Å². The van der Waals surface area contributed by atoms with Crippen molar-refractivity contribution in [3.8, 4) is 0 Å². The molecule has 0 radical (unpaired) electrons. The molecule has 1 aromatic rings. The zero-order valence-corrected chi connectivity index (χ0v) is 14.9. The van der Waals surface area contributed by atoms with E-state index in [4.69, 9.17) is 4.74 Å². The summed E-state index contributed by atoms with van der Waals surface area (Å²) in [5.41, 5.74) is 1.07. The first-order chi connectivity index (χ1) is 11.8. The second-order valence-corrected chi connectivity index (χ2v) is 7.42. The average Bonchev–Trinajstić information content (AvgIpc) is 2.87. The smallest absolute Gasteiger partial charge is 0.246 e. The summed E-state index contributed by atoms with van der Waals surface area (Å²) in [4.78, 5) is 17.3. The van der Waals surface area contributed by atoms with Crippen LogP contribution in [0, 0.1) is 0 Å². The number of carbonyl (C=O) groups is 1. The highest BCUT2D eigenvalue weighted by Crippen LogP contribution is 2.18. The van der Waals surface area contributed by atoms with E-state index < -0.39 is 0 Å². The molecule has 0 aromatic heterocycles. The number of carbonyl (C=O) groups excluding carboxylic acids is 1. The predicted octanol–water partition coefficient (Wildman–Crippen LogP) is 2.37. The molecule has 1 aromatic carbocycles. The van der Waals surface area contributed by atoms with Gasteiger partial charge in [0, 0.05) is 38.0 Å². The number of thioether (sulfide) groups is 1. The van der Waals surface area contributed by atoms with Crippen molar-refractivity contribution in [2.45, 2.75) is 12.5 Å². The standard InChI is InChI=1S/C19H26N2O2S/c22-19(8-7-17-5-2-1-3-6-17)21-9-4-14-24-16-18(21)15-20-10-12-23-13-11-20/h1-3,5-8,18H,4,9-16H2/b8-7+/t18-/m0/s1. The first-order valence-electron chi connectivity index (χ1n) is 8.74. The van der Waals surface area contributed by atoms with Crippen LogP contribution in [0.2, 0.25) is 0 Å². The van der Waals surface area contributed by atoms with E-state index >= 15 is 0 Å². The van der Waals surface area contributed by atoms with Gasteiger partial charge in [0.05, 0.1) is 19.3 Å². The van der Waals surface area contributed by atoms with Gasteiger partial charge >= 0.3 is 0 Å². The van der Waals surface area contributed by atoms with E-state index in [9.17, 15) is 4.79 Å². The molecule has 0 aliphatic carbocycles. The van der Waals surface area contributed by atoms with Crippen LogP contribution in [0.1, 0.15) is 12.0 Å². The topological polar surface area (TPSA) is 32.8 Å². The van der Waals surface area contributed by atoms with Gasteiger partial charge in [-0.05, 0) is 23.8 Å². The largest absolute Gasteiger partial charge is 0.379 e. The summed E-state index contributed by atoms with van der Waals surface area (Å²) in [6.07, 6.45) is 4.74. The number of hydrogen-bond acceptors (Lipinski definition) is 4. The minimum Gasteiger partial charge on any atom is -0.379 e. The van der Waals surface area contributed by atoms with Gasteiger partial charge in [-0.3, -0.25) is 9.69 Å². The number of amides is 1. The molecule has 0 spiro atoms. The molecule has 2 heterocycles. The Morgan fingerprint density at radius 3 is 2.79 bits per heavy atom. The molecule has 2 aliphatic heterocycles. The van der Waals surface area contributed by atoms with Gasteiger partial charge in [0.2, 0.25) is 5.91 Å². The zero-order valence-electron chi connectivity index (χ0n) is 14.1. The lowest BCUT2D eigenvalue weighted by Crippen LogP contribution is -2.50. The van der Waals surface area contributed by atoms with Crippen molar-refractivity contribution in [3.05, 3.63) is 42.0 Å². The van der Waals surface area contributed by atoms with Crippen molar-refractivity contribution < 1.29 is 9.53 Å². The molecule has 1 amide bonds. The third kappa shape index (κ3) is 5.10. The maximum absolute atomic E-state index is 12.8. The molecule has 0 bridgehead atoms. The van der Waals surface area contributed by atoms with Gasteiger partial charge in [0.25, 0.3) is 0 Å². The Hall–Kier alpha value is -1.30. The number of benzene rings is 1. The van der Waals surface area contributed by atoms with Gasteiger partial charge < -0.3 is 9.64 Å². The third-order valence-electron chi connectivity index (χ3n) is 4.51. The normalized spacial score (nSPS) is 23.3. The molecule has 2 saturated heterocycles. The van der Waals surface area contributed by atoms with Crippen LogP contribution in [0.25, 0.3) is 6.08 Å². The van der Waals surface area contributed by atoms with E-state index in [-0.39, 0.29) is 5.91 Å². The van der Waals surface area contributed by atoms with E-state index in [0.717, 1.165) is 62.9 Å². The van der Waals surface area contributed by atoms with Crippen molar-refractivity contribution >= 4 is 23.7 Å². The lowest BCUT2D eigenvalue weighted by Gasteiger charge is -2.35. The van der Waals surface area contributed by atoms with E-state index in [0.29, 0.717) is 6.04 Å². The molecular formula is C19H26N2O2S. The minimum absolute atomic E-state index is 0.139. The summed E-state index contributed by atoms with van der Waals surface area (Å²) >= 11 is 1.97. The van der Waals surface area contributed by atoms with Crippen molar-refractivity contribution in [1.29, 1.82) is 0 Å². The average molecular weight is 346 g/mol. The molecule has 2 fully saturated rings. The van der Waals surface area contributed by atoms with Crippen LogP contribution < -0.4 is 0 Å². The lowest BCUT2D eigenvalue weighted by molar-refractivity contribution is -0.128. The molecular weight excluding hydrogens is 320 g/mol. The number of nitrogens with zero attached hydrogens (tertiary/aromatic N) is 2. The highest BCUT2D eigenvalue weighted by atomic mass is 32.2. The third-order valence-corrected chi connectivity index (χ3v) is 5.71. The molecule has 24 heavy (non-hydrogen) atoms. The second kappa shape index (κ2) is 9.25. The quantitative estimate of drug-likeness (QED) is 0.784. The molecule has 1 atom stereocenters. The Labute approximate surface area is 148 Å². The summed E-state index contributed by atoms with van der Waals surface area (Å²) in [5, 5.41) is 0. The second-order valence-electron chi connectivity index (χ2n) is 6.27. The fraction of sp³-hybridized carbons (Fsp3) is 0.526. The minimum atomic E-state index is 0.139. The number of rotatable bonds is 4. The van der Waals surface area contributed by atoms with Gasteiger partial charge in [-0.25, -0.2) is 0 Å². The first kappa shape index (κ1) is 17.5. The lowest BCUT2D eigenvalue weighted by atomic mass is 10.2. The predicted molar refractivity (Wildman–Crippen MR) is 100 cm³/mol. The number of morpholine rings is 1. The number of hydrogen-bond donors (Lipinski definition) is 0. The summed E-state index contributed by atoms with van der Waals surface area (Å²) < 4.78 is 5.44. The van der Waals surface area contributed by atoms with E-state index in [1.807, 2.05) is 48.2 Å². The molecule has 4 nitrogen and oxygen atoms in total. The van der Waals surface area contributed by atoms with Crippen LogP contribution in [-0.4, -0.2) is 72.6 Å². The van der Waals surface area contributed by atoms with Crippen LogP contribution >= 0.6 is 11.8 Å². The van der Waals surface area contributed by atoms with Gasteiger partial charge in [0.15, 0.2) is 0 Å². The Bertz CT molecular complexity index is 544. The highest BCUT2D eigenvalue weighted by molar-refractivity contribution is 7.99. The fourth-order valence-corrected chi connectivity index (χ4v) is 4.24. The summed E-state index contributed by atoms with van der Waals surface area (Å²) in [7, 11) is 0. The fourth-order valence-electron chi connectivity index (χ4n) is 3.18. The van der Waals surface area contributed by atoms with Crippen LogP contribution in [-0.2, 0) is 9.53 Å². The van der Waals surface area contributed by atoms with Crippen LogP contribution in [0.15, 0.2) is 36.4 Å². The van der Waals surface area contributed by atoms with Crippen molar-refractivity contribution in [1.82, 2.24) is 9.80 Å². The van der Waals surface area contributed by atoms with Gasteiger partial charge in [-0.15, -0.1) is 0 Å². The molecule has 3 rings (SSSR count). The van der Waals surface area contributed by atoms with Crippen molar-refractivity contribution in [2.24, 2.45) is 0 Å². The van der Waals surface area contributed by atoms with Gasteiger partial charge in [0.1, 0.15) is 0 Å². The van der Waals surface area contributed by atoms with E-state index in [1.54, 1.807) is 6.08 Å². The number of ether oxygens (including phenoxy) is 1. The Morgan fingerprint density at radius 1 is 1.21 bits per heavy atom. The first-order valence-corrected chi connectivity index (χ1v) is 9.90. The van der Waals surface area contributed by atoms with Crippen LogP contribution in [0.4, 0.5) is 0 Å². The maximum atomic E-state index is 12.8. The molecule has 2 aliphatic rings. The van der Waals surface area contributed by atoms with Crippen molar-refractivity contribution in [3.63, 3.8) is 0 Å². The molecule has 0 N–H and O–H groups in total. The monoisotopic (exact) mass is 346 g/mol. The Morgan fingerprint density at radius 2 is 2.00 bits per heavy atom. The van der Waals surface area contributed by atoms with E-state index in [1.165, 1.54) is 0 Å². The Kier molecular flexibility index (Phi) is 6.75. The zero-order chi connectivity index (χ0) is 16.6. The molecule has 0 unspecified atom stereocenters. The van der Waals surface area contributed by atoms with Gasteiger partial charge in [-0.2, -0.15) is 11.8 Å². The molecule has 130 valence electrons. The van der Waals surface area contributed by atoms with Crippen LogP contribution in [0.3, 0.4) is 0 Å². The SMILES string of the molecule is O=C(/C=C/c1ccccc1)N1CCCSC[C@@H]1CN1CCOCC1. The molecule has 5 heteroatoms. The van der Waals surface area contributed by atoms with E-state index in [2.05, 4.69) is 9.80 Å². The maximum Gasteiger partial charge on any atom is 0.246 e. The summed E-state index contributed by atoms with van der Waals surface area (Å²) in [6, 6.07) is 10.3. The van der Waals surface area contributed by atoms with Crippen LogP contribution in [0.5, 0.6) is 0 Å². The summed E-state index contributed by atoms with van der Waals surface area (Å²) in [6.45, 7) is 5.39. The Balaban J connectivity index is 1.64. The summed E-state index contributed by atoms with van der Waals surface area (Å²) in [5.74, 6) is 2.31. The molecule has 0 saturated carbocycles. The highest BCUT2D eigenvalue weighted by Gasteiger charge is 2.26.